The third kappa shape index (κ3) is 4.55. The second-order valence-electron chi connectivity index (χ2n) is 6.37. The van der Waals surface area contributed by atoms with Gasteiger partial charge in [-0.3, -0.25) is 15.0 Å². The van der Waals surface area contributed by atoms with E-state index in [4.69, 9.17) is 11.6 Å². The van der Waals surface area contributed by atoms with Crippen LogP contribution in [0.4, 0.5) is 5.13 Å². The number of hydrogen-bond acceptors (Lipinski definition) is 6. The summed E-state index contributed by atoms with van der Waals surface area (Å²) in [5.41, 5.74) is 1.88. The molecule has 1 fully saturated rings. The fraction of sp³-hybridized carbons (Fsp3) is 0.250. The topological polar surface area (TPSA) is 58.1 Å². The Morgan fingerprint density at radius 3 is 2.61 bits per heavy atom. The number of hydrogen-bond donors (Lipinski definition) is 1. The maximum absolute atomic E-state index is 13.2. The van der Waals surface area contributed by atoms with E-state index < -0.39 is 0 Å². The zero-order valence-electron chi connectivity index (χ0n) is 15.0. The van der Waals surface area contributed by atoms with Crippen molar-refractivity contribution in [2.24, 2.45) is 0 Å². The number of halogens is 1. The lowest BCUT2D eigenvalue weighted by Crippen LogP contribution is -2.41. The van der Waals surface area contributed by atoms with Crippen LogP contribution in [-0.2, 0) is 4.79 Å². The van der Waals surface area contributed by atoms with Crippen LogP contribution in [0.3, 0.4) is 0 Å². The van der Waals surface area contributed by atoms with Gasteiger partial charge in [-0.05, 0) is 17.7 Å². The molecule has 8 heteroatoms. The summed E-state index contributed by atoms with van der Waals surface area (Å²) in [6, 6.07) is 17.0. The maximum Gasteiger partial charge on any atom is 0.248 e. The van der Waals surface area contributed by atoms with Crippen LogP contribution in [0.25, 0.3) is 10.6 Å². The van der Waals surface area contributed by atoms with Crippen LogP contribution in [0.15, 0.2) is 54.6 Å². The van der Waals surface area contributed by atoms with Gasteiger partial charge in [-0.15, -0.1) is 10.2 Å². The van der Waals surface area contributed by atoms with E-state index in [2.05, 4.69) is 20.4 Å². The van der Waals surface area contributed by atoms with Crippen LogP contribution >= 0.6 is 34.7 Å². The monoisotopic (exact) mass is 430 g/mol. The molecule has 0 saturated carbocycles. The number of anilines is 1. The summed E-state index contributed by atoms with van der Waals surface area (Å²) in [7, 11) is 0. The first-order valence-electron chi connectivity index (χ1n) is 8.98. The molecule has 0 spiro atoms. The summed E-state index contributed by atoms with van der Waals surface area (Å²) in [5.74, 6) is 2.00. The van der Waals surface area contributed by atoms with E-state index in [1.165, 1.54) is 11.3 Å². The lowest BCUT2D eigenvalue weighted by molar-refractivity contribution is -0.121. The van der Waals surface area contributed by atoms with Gasteiger partial charge in [-0.25, -0.2) is 0 Å². The predicted molar refractivity (Wildman–Crippen MR) is 117 cm³/mol. The predicted octanol–water partition coefficient (Wildman–Crippen LogP) is 4.59. The molecule has 0 radical (unpaired) electrons. The van der Waals surface area contributed by atoms with E-state index >= 15 is 0 Å². The highest BCUT2D eigenvalue weighted by molar-refractivity contribution is 7.99. The Bertz CT molecular complexity index is 944. The number of nitrogens with one attached hydrogen (secondary N) is 1. The summed E-state index contributed by atoms with van der Waals surface area (Å²) < 4.78 is 0. The quantitative estimate of drug-likeness (QED) is 0.641. The second kappa shape index (κ2) is 9.05. The number of benzene rings is 2. The van der Waals surface area contributed by atoms with E-state index in [0.29, 0.717) is 10.2 Å². The minimum Gasteiger partial charge on any atom is -0.299 e. The van der Waals surface area contributed by atoms with Gasteiger partial charge >= 0.3 is 0 Å². The van der Waals surface area contributed by atoms with Crippen molar-refractivity contribution in [1.29, 1.82) is 0 Å². The van der Waals surface area contributed by atoms with E-state index in [-0.39, 0.29) is 11.9 Å². The number of rotatable bonds is 5. The van der Waals surface area contributed by atoms with Crippen LogP contribution in [-0.4, -0.2) is 45.6 Å². The Morgan fingerprint density at radius 2 is 1.86 bits per heavy atom. The average Bonchev–Trinajstić information content (AvgIpc) is 3.18. The van der Waals surface area contributed by atoms with Crippen molar-refractivity contribution in [1.82, 2.24) is 15.1 Å². The van der Waals surface area contributed by atoms with Crippen molar-refractivity contribution >= 4 is 45.7 Å². The van der Waals surface area contributed by atoms with E-state index in [1.807, 2.05) is 66.4 Å². The largest absolute Gasteiger partial charge is 0.299 e. The first kappa shape index (κ1) is 19.4. The maximum atomic E-state index is 13.2. The van der Waals surface area contributed by atoms with Crippen molar-refractivity contribution in [2.75, 3.05) is 29.9 Å². The molecule has 1 atom stereocenters. The molecule has 1 N–H and O–H groups in total. The first-order chi connectivity index (χ1) is 13.7. The number of nitrogens with zero attached hydrogens (tertiary/aromatic N) is 3. The highest BCUT2D eigenvalue weighted by atomic mass is 35.5. The summed E-state index contributed by atoms with van der Waals surface area (Å²) >= 11 is 9.33. The van der Waals surface area contributed by atoms with Crippen molar-refractivity contribution in [3.8, 4) is 10.6 Å². The van der Waals surface area contributed by atoms with Gasteiger partial charge in [-0.1, -0.05) is 65.4 Å². The zero-order chi connectivity index (χ0) is 19.3. The van der Waals surface area contributed by atoms with Crippen LogP contribution in [0, 0.1) is 0 Å². The molecule has 2 heterocycles. The fourth-order valence-electron chi connectivity index (χ4n) is 3.18. The summed E-state index contributed by atoms with van der Waals surface area (Å²) in [6.07, 6.45) is 0. The molecule has 3 aromatic rings. The van der Waals surface area contributed by atoms with Gasteiger partial charge in [0.1, 0.15) is 11.0 Å². The first-order valence-corrected chi connectivity index (χ1v) is 11.3. The van der Waals surface area contributed by atoms with Crippen molar-refractivity contribution < 1.29 is 4.79 Å². The standard InChI is InChI=1S/C20H19ClN4OS2/c21-16-8-4-7-15(13-16)19-23-24-20(28-19)22-18(26)17(14-5-2-1-3-6-14)25-9-11-27-12-10-25/h1-8,13,17H,9-12H2,(H,22,24,26). The molecule has 1 aliphatic rings. The van der Waals surface area contributed by atoms with Gasteiger partial charge in [0.25, 0.3) is 0 Å². The molecule has 1 saturated heterocycles. The Balaban J connectivity index is 1.54. The molecule has 4 rings (SSSR count). The smallest absolute Gasteiger partial charge is 0.248 e. The molecule has 2 aromatic carbocycles. The van der Waals surface area contributed by atoms with Gasteiger partial charge < -0.3 is 0 Å². The van der Waals surface area contributed by atoms with E-state index in [9.17, 15) is 4.79 Å². The third-order valence-electron chi connectivity index (χ3n) is 4.50. The van der Waals surface area contributed by atoms with Crippen molar-refractivity contribution in [3.63, 3.8) is 0 Å². The number of amides is 1. The van der Waals surface area contributed by atoms with Crippen LogP contribution in [0.5, 0.6) is 0 Å². The Kier molecular flexibility index (Phi) is 6.26. The lowest BCUT2D eigenvalue weighted by Gasteiger charge is -2.33. The van der Waals surface area contributed by atoms with Gasteiger partial charge in [0.15, 0.2) is 0 Å². The highest BCUT2D eigenvalue weighted by Crippen LogP contribution is 2.30. The highest BCUT2D eigenvalue weighted by Gasteiger charge is 2.29. The molecule has 1 unspecified atom stereocenters. The molecule has 1 amide bonds. The molecule has 28 heavy (non-hydrogen) atoms. The van der Waals surface area contributed by atoms with Gasteiger partial charge in [0, 0.05) is 35.2 Å². The molecule has 0 bridgehead atoms. The lowest BCUT2D eigenvalue weighted by atomic mass is 10.0. The molecule has 0 aliphatic carbocycles. The minimum atomic E-state index is -0.333. The van der Waals surface area contributed by atoms with E-state index in [1.54, 1.807) is 0 Å². The van der Waals surface area contributed by atoms with Gasteiger partial charge in [0.2, 0.25) is 11.0 Å². The molecular weight excluding hydrogens is 412 g/mol. The van der Waals surface area contributed by atoms with Crippen molar-refractivity contribution in [3.05, 3.63) is 65.2 Å². The molecule has 1 aromatic heterocycles. The van der Waals surface area contributed by atoms with Crippen LogP contribution in [0.2, 0.25) is 5.02 Å². The van der Waals surface area contributed by atoms with Crippen LogP contribution in [0.1, 0.15) is 11.6 Å². The summed E-state index contributed by atoms with van der Waals surface area (Å²) in [4.78, 5) is 15.4. The van der Waals surface area contributed by atoms with Gasteiger partial charge in [0.05, 0.1) is 0 Å². The Morgan fingerprint density at radius 1 is 1.07 bits per heavy atom. The minimum absolute atomic E-state index is 0.0769. The molecule has 5 nitrogen and oxygen atoms in total. The zero-order valence-corrected chi connectivity index (χ0v) is 17.4. The summed E-state index contributed by atoms with van der Waals surface area (Å²) in [5, 5.41) is 13.2. The van der Waals surface area contributed by atoms with Gasteiger partial charge in [-0.2, -0.15) is 11.8 Å². The SMILES string of the molecule is O=C(Nc1nnc(-c2cccc(Cl)c2)s1)C(c1ccccc1)N1CCSCC1. The Labute approximate surface area is 177 Å². The fourth-order valence-corrected chi connectivity index (χ4v) is 5.05. The second-order valence-corrected chi connectivity index (χ2v) is 9.01. The normalized spacial score (nSPS) is 15.9. The number of carbonyl (C=O) groups excluding carboxylic acids is 1. The summed E-state index contributed by atoms with van der Waals surface area (Å²) in [6.45, 7) is 1.78. The van der Waals surface area contributed by atoms with E-state index in [0.717, 1.165) is 40.7 Å². The number of thioether (sulfide) groups is 1. The van der Waals surface area contributed by atoms with Crippen molar-refractivity contribution in [2.45, 2.75) is 6.04 Å². The number of carbonyl (C=O) groups is 1. The molecule has 144 valence electrons. The third-order valence-corrected chi connectivity index (χ3v) is 6.57. The molecular formula is C20H19ClN4OS2. The average molecular weight is 431 g/mol. The van der Waals surface area contributed by atoms with Crippen LogP contribution < -0.4 is 5.32 Å². The number of aromatic nitrogens is 2. The molecule has 1 aliphatic heterocycles. The Hall–Kier alpha value is -1.93.